The lowest BCUT2D eigenvalue weighted by molar-refractivity contribution is -0.152. The summed E-state index contributed by atoms with van der Waals surface area (Å²) in [5.74, 6) is 1.32. The van der Waals surface area contributed by atoms with Gasteiger partial charge in [-0.05, 0) is 89.8 Å². The quantitative estimate of drug-likeness (QED) is 0.231. The van der Waals surface area contributed by atoms with Gasteiger partial charge in [0, 0.05) is 12.1 Å². The number of rotatable bonds is 9. The number of hydrogen-bond donors (Lipinski definition) is 1. The van der Waals surface area contributed by atoms with Crippen LogP contribution in [-0.4, -0.2) is 55.0 Å². The Morgan fingerprint density at radius 2 is 1.61 bits per heavy atom. The molecule has 248 valence electrons. The first-order chi connectivity index (χ1) is 19.9. The first-order valence-electron chi connectivity index (χ1n) is 14.7. The number of esters is 1. The summed E-state index contributed by atoms with van der Waals surface area (Å²) < 4.78 is 41.1. The molecule has 0 bridgehead atoms. The van der Waals surface area contributed by atoms with Crippen LogP contribution in [0.2, 0.25) is 0 Å². The fraction of sp³-hybridized carbons (Fsp3) is 0.606. The molecule has 0 atom stereocenters. The van der Waals surface area contributed by atoms with Gasteiger partial charge >= 0.3 is 5.97 Å². The number of ether oxygens (including phenoxy) is 3. The first kappa shape index (κ1) is 39.3. The van der Waals surface area contributed by atoms with Gasteiger partial charge in [0.05, 0.1) is 40.3 Å². The maximum absolute atomic E-state index is 11.1. The number of nitrogens with one attached hydrogen (secondary N) is 1. The van der Waals surface area contributed by atoms with Crippen LogP contribution < -0.4 is 14.2 Å². The van der Waals surface area contributed by atoms with Gasteiger partial charge in [0.15, 0.2) is 0 Å². The zero-order chi connectivity index (χ0) is 30.9. The van der Waals surface area contributed by atoms with Crippen LogP contribution in [0.1, 0.15) is 94.9 Å². The molecular weight excluding hydrogens is 599 g/mol. The summed E-state index contributed by atoms with van der Waals surface area (Å²) in [5.41, 5.74) is 2.38. The summed E-state index contributed by atoms with van der Waals surface area (Å²) >= 11 is 1.62. The molecule has 2 heterocycles. The van der Waals surface area contributed by atoms with Gasteiger partial charge in [-0.15, -0.1) is 11.3 Å². The molecule has 2 aromatic heterocycles. The van der Waals surface area contributed by atoms with Crippen LogP contribution in [0.25, 0.3) is 21.6 Å². The number of hydrogen-bond acceptors (Lipinski definition) is 9. The van der Waals surface area contributed by atoms with Gasteiger partial charge < -0.3 is 14.2 Å². The number of carbonyl (C=O) groups is 1. The van der Waals surface area contributed by atoms with E-state index in [0.717, 1.165) is 53.0 Å². The van der Waals surface area contributed by atoms with Crippen molar-refractivity contribution in [2.75, 3.05) is 7.11 Å². The van der Waals surface area contributed by atoms with Gasteiger partial charge in [0.1, 0.15) is 17.5 Å². The number of nitrogens with zero attached hydrogens (tertiary/aromatic N) is 2. The minimum absolute atomic E-state index is 0. The van der Waals surface area contributed by atoms with Gasteiger partial charge in [0.2, 0.25) is 15.9 Å². The third kappa shape index (κ3) is 12.3. The predicted molar refractivity (Wildman–Crippen MR) is 182 cm³/mol. The molecule has 1 aromatic carbocycles. The lowest BCUT2D eigenvalue weighted by atomic mass is 10.2. The normalized spacial score (nSPS) is 14.6. The Morgan fingerprint density at radius 3 is 2.11 bits per heavy atom. The highest BCUT2D eigenvalue weighted by molar-refractivity contribution is 7.90. The van der Waals surface area contributed by atoms with Gasteiger partial charge in [-0.3, -0.25) is 4.79 Å². The van der Waals surface area contributed by atoms with Crippen molar-refractivity contribution in [3.05, 3.63) is 35.7 Å². The van der Waals surface area contributed by atoms with E-state index in [1.54, 1.807) is 18.4 Å². The topological polar surface area (TPSA) is 117 Å². The van der Waals surface area contributed by atoms with Crippen molar-refractivity contribution in [3.63, 3.8) is 0 Å². The van der Waals surface area contributed by atoms with Crippen molar-refractivity contribution < 1.29 is 27.4 Å². The van der Waals surface area contributed by atoms with Crippen molar-refractivity contribution in [1.29, 1.82) is 0 Å². The molecule has 9 nitrogen and oxygen atoms in total. The molecule has 5 rings (SSSR count). The van der Waals surface area contributed by atoms with E-state index in [-0.39, 0.29) is 50.2 Å². The van der Waals surface area contributed by atoms with Crippen molar-refractivity contribution >= 4 is 38.4 Å². The zero-order valence-corrected chi connectivity index (χ0v) is 27.4. The van der Waals surface area contributed by atoms with E-state index in [1.807, 2.05) is 77.3 Å². The highest BCUT2D eigenvalue weighted by Gasteiger charge is 2.35. The Morgan fingerprint density at radius 1 is 0.955 bits per heavy atom. The van der Waals surface area contributed by atoms with Crippen molar-refractivity contribution in [3.8, 4) is 22.2 Å². The summed E-state index contributed by atoms with van der Waals surface area (Å²) in [4.78, 5) is 21.5. The molecule has 0 amide bonds. The van der Waals surface area contributed by atoms with E-state index < -0.39 is 10.0 Å². The van der Waals surface area contributed by atoms with Gasteiger partial charge in [0.25, 0.3) is 0 Å². The second-order valence-electron chi connectivity index (χ2n) is 11.4. The fourth-order valence-corrected chi connectivity index (χ4v) is 6.45. The molecule has 2 saturated carbocycles. The monoisotopic (exact) mass is 651 g/mol. The molecule has 0 aliphatic heterocycles. The fourth-order valence-electron chi connectivity index (χ4n) is 4.13. The van der Waals surface area contributed by atoms with Crippen LogP contribution >= 0.6 is 11.3 Å². The molecule has 3 aromatic rings. The van der Waals surface area contributed by atoms with Crippen LogP contribution in [-0.2, 0) is 19.6 Å². The van der Waals surface area contributed by atoms with E-state index in [4.69, 9.17) is 19.2 Å². The molecular formula is C33H53N3O6S2. The average molecular weight is 652 g/mol. The molecule has 2 fully saturated rings. The van der Waals surface area contributed by atoms with Crippen LogP contribution in [0.3, 0.4) is 0 Å². The maximum Gasteiger partial charge on any atom is 0.308 e. The zero-order valence-electron chi connectivity index (χ0n) is 25.8. The van der Waals surface area contributed by atoms with E-state index >= 15 is 0 Å². The Kier molecular flexibility index (Phi) is 16.3. The summed E-state index contributed by atoms with van der Waals surface area (Å²) in [6.07, 6.45) is 6.52. The van der Waals surface area contributed by atoms with E-state index in [9.17, 15) is 13.2 Å². The molecule has 2 aliphatic carbocycles. The Balaban J connectivity index is 0.000000358. The molecule has 1 N–H and O–H groups in total. The Hall–Kier alpha value is -2.76. The SMILES string of the molecule is C.C.CC(C)C(=O)OC1CCCC1.CC(C)NS(=O)(=O)C1CC1.COc1ccc2nc(OC(C)C)c(-c3cccs3)nc2c1. The highest BCUT2D eigenvalue weighted by Crippen LogP contribution is 2.33. The average Bonchev–Trinajstić information content (AvgIpc) is 3.42. The number of methoxy groups -OCH3 is 1. The summed E-state index contributed by atoms with van der Waals surface area (Å²) in [7, 11) is -1.29. The number of carbonyl (C=O) groups excluding carboxylic acids is 1. The van der Waals surface area contributed by atoms with Gasteiger partial charge in [-0.1, -0.05) is 34.8 Å². The minimum Gasteiger partial charge on any atom is -0.497 e. The van der Waals surface area contributed by atoms with Crippen molar-refractivity contribution in [2.24, 2.45) is 5.92 Å². The predicted octanol–water partition coefficient (Wildman–Crippen LogP) is 8.03. The van der Waals surface area contributed by atoms with Crippen LogP contribution in [0.5, 0.6) is 11.6 Å². The third-order valence-electron chi connectivity index (χ3n) is 6.36. The Bertz CT molecular complexity index is 1380. The highest BCUT2D eigenvalue weighted by atomic mass is 32.2. The van der Waals surface area contributed by atoms with E-state index in [0.29, 0.717) is 5.88 Å². The molecule has 0 spiro atoms. The molecule has 2 aliphatic rings. The van der Waals surface area contributed by atoms with Crippen molar-refractivity contribution in [2.45, 2.75) is 118 Å². The first-order valence-corrected chi connectivity index (χ1v) is 17.1. The lowest BCUT2D eigenvalue weighted by Gasteiger charge is -2.13. The van der Waals surface area contributed by atoms with Crippen molar-refractivity contribution in [1.82, 2.24) is 14.7 Å². The molecule has 0 saturated heterocycles. The van der Waals surface area contributed by atoms with E-state index in [2.05, 4.69) is 9.71 Å². The smallest absolute Gasteiger partial charge is 0.308 e. The van der Waals surface area contributed by atoms with Crippen LogP contribution in [0.4, 0.5) is 0 Å². The van der Waals surface area contributed by atoms with E-state index in [1.165, 1.54) is 12.8 Å². The largest absolute Gasteiger partial charge is 0.497 e. The second kappa shape index (κ2) is 18.3. The lowest BCUT2D eigenvalue weighted by Crippen LogP contribution is -2.32. The number of benzene rings is 1. The van der Waals surface area contributed by atoms with Crippen LogP contribution in [0, 0.1) is 5.92 Å². The standard InChI is InChI=1S/C16H16N2O2S.C9H16O2.C6H13NO2S.2CH4/c1-10(2)20-16-15(14-5-4-8-21-14)17-13-9-11(19-3)6-7-12(13)18-16;1-7(2)9(10)11-8-5-3-4-6-8;1-5(2)7-10(8,9)6-3-4-6;;/h4-10H,1-3H3;7-8H,3-6H2,1-2H3;5-7H,3-4H2,1-2H3;2*1H4. The van der Waals surface area contributed by atoms with Gasteiger partial charge in [-0.2, -0.15) is 0 Å². The van der Waals surface area contributed by atoms with Crippen LogP contribution in [0.15, 0.2) is 35.7 Å². The van der Waals surface area contributed by atoms with Gasteiger partial charge in [-0.25, -0.2) is 23.1 Å². The maximum atomic E-state index is 11.1. The summed E-state index contributed by atoms with van der Waals surface area (Å²) in [6.45, 7) is 11.4. The molecule has 11 heteroatoms. The third-order valence-corrected chi connectivity index (χ3v) is 9.39. The number of fused-ring (bicyclic) bond motifs is 1. The second-order valence-corrected chi connectivity index (χ2v) is 14.3. The number of sulfonamides is 1. The summed E-state index contributed by atoms with van der Waals surface area (Å²) in [6, 6.07) is 9.71. The molecule has 44 heavy (non-hydrogen) atoms. The number of thiophene rings is 1. The Labute approximate surface area is 269 Å². The summed E-state index contributed by atoms with van der Waals surface area (Å²) in [5, 5.41) is 1.93. The minimum atomic E-state index is -2.94. The molecule has 0 unspecified atom stereocenters. The molecule has 0 radical (unpaired) electrons. The number of aromatic nitrogens is 2.